The van der Waals surface area contributed by atoms with Gasteiger partial charge in [-0.3, -0.25) is 14.5 Å². The molecular formula is C21H25N3O3S. The summed E-state index contributed by atoms with van der Waals surface area (Å²) in [6.45, 7) is 7.91. The number of hydrogen-bond donors (Lipinski definition) is 2. The molecule has 7 heteroatoms. The lowest BCUT2D eigenvalue weighted by Crippen LogP contribution is -2.34. The molecule has 0 unspecified atom stereocenters. The number of nitrogens with one attached hydrogen (secondary N) is 2. The predicted octanol–water partition coefficient (Wildman–Crippen LogP) is 3.40. The minimum absolute atomic E-state index is 0.0590. The largest absolute Gasteiger partial charge is 0.324 e. The molecule has 0 saturated carbocycles. The Bertz CT molecular complexity index is 1040. The Morgan fingerprint density at radius 3 is 2.54 bits per heavy atom. The maximum Gasteiger partial charge on any atom is 0.263 e. The normalized spacial score (nSPS) is 18.2. The van der Waals surface area contributed by atoms with E-state index < -0.39 is 16.1 Å². The lowest BCUT2D eigenvalue weighted by Gasteiger charge is -2.20. The van der Waals surface area contributed by atoms with Gasteiger partial charge >= 0.3 is 0 Å². The van der Waals surface area contributed by atoms with E-state index in [1.54, 1.807) is 18.2 Å². The molecule has 1 heterocycles. The van der Waals surface area contributed by atoms with Crippen LogP contribution in [0.3, 0.4) is 0 Å². The van der Waals surface area contributed by atoms with Gasteiger partial charge in [0.05, 0.1) is 4.90 Å². The standard InChI is InChI=1S/C21H25N3O3S/c1-5-13(2)19(21(25)22-16-11-10-14(3)15(4)12-16)23-20-17-8-6-7-9-18(17)28(26,27)24-20/h6-13,19H,5H2,1-4H3,(H,22,25)(H,23,24)/t13-,19+/m0/s1. The van der Waals surface area contributed by atoms with Gasteiger partial charge in [0.2, 0.25) is 5.91 Å². The first-order valence-electron chi connectivity index (χ1n) is 9.31. The zero-order valence-electron chi connectivity index (χ0n) is 16.5. The number of carbonyl (C=O) groups is 1. The van der Waals surface area contributed by atoms with Crippen molar-refractivity contribution in [3.8, 4) is 0 Å². The lowest BCUT2D eigenvalue weighted by molar-refractivity contribution is -0.118. The van der Waals surface area contributed by atoms with Gasteiger partial charge in [0, 0.05) is 11.3 Å². The summed E-state index contributed by atoms with van der Waals surface area (Å²) in [5.41, 5.74) is 3.43. The molecule has 1 aliphatic heterocycles. The number of nitrogens with zero attached hydrogens (tertiary/aromatic N) is 1. The first-order chi connectivity index (χ1) is 13.2. The number of anilines is 1. The molecule has 0 aromatic heterocycles. The third-order valence-electron chi connectivity index (χ3n) is 5.16. The van der Waals surface area contributed by atoms with Crippen molar-refractivity contribution in [2.45, 2.75) is 45.1 Å². The molecule has 2 aromatic rings. The number of benzene rings is 2. The monoisotopic (exact) mass is 399 g/mol. The molecular weight excluding hydrogens is 374 g/mol. The summed E-state index contributed by atoms with van der Waals surface area (Å²) in [6.07, 6.45) is 0.732. The van der Waals surface area contributed by atoms with E-state index in [-0.39, 0.29) is 22.6 Å². The minimum atomic E-state index is -3.64. The number of rotatable bonds is 5. The van der Waals surface area contributed by atoms with Gasteiger partial charge in [-0.2, -0.15) is 0 Å². The van der Waals surface area contributed by atoms with E-state index in [0.29, 0.717) is 11.3 Å². The summed E-state index contributed by atoms with van der Waals surface area (Å²) in [7, 11) is -3.64. The average Bonchev–Trinajstić information content (AvgIpc) is 2.92. The van der Waals surface area contributed by atoms with E-state index in [4.69, 9.17) is 0 Å². The number of carbonyl (C=O) groups excluding carboxylic acids is 1. The second kappa shape index (κ2) is 7.75. The number of aliphatic imine (C=N–C) groups is 1. The highest BCUT2D eigenvalue weighted by atomic mass is 32.2. The van der Waals surface area contributed by atoms with E-state index in [1.807, 2.05) is 45.9 Å². The summed E-state index contributed by atoms with van der Waals surface area (Å²) in [5.74, 6) is -0.0962. The minimum Gasteiger partial charge on any atom is -0.324 e. The van der Waals surface area contributed by atoms with Crippen molar-refractivity contribution in [1.29, 1.82) is 0 Å². The smallest absolute Gasteiger partial charge is 0.263 e. The number of fused-ring (bicyclic) bond motifs is 1. The molecule has 0 radical (unpaired) electrons. The maximum absolute atomic E-state index is 13.0. The Morgan fingerprint density at radius 1 is 1.14 bits per heavy atom. The molecule has 28 heavy (non-hydrogen) atoms. The van der Waals surface area contributed by atoms with Gasteiger partial charge in [-0.25, -0.2) is 8.42 Å². The summed E-state index contributed by atoms with van der Waals surface area (Å²) in [4.78, 5) is 17.7. The molecule has 2 aromatic carbocycles. The van der Waals surface area contributed by atoms with Crippen molar-refractivity contribution in [1.82, 2.24) is 4.72 Å². The topological polar surface area (TPSA) is 87.6 Å². The fraction of sp³-hybridized carbons (Fsp3) is 0.333. The summed E-state index contributed by atoms with van der Waals surface area (Å²) in [6, 6.07) is 11.7. The Morgan fingerprint density at radius 2 is 1.86 bits per heavy atom. The van der Waals surface area contributed by atoms with E-state index in [1.165, 1.54) is 6.07 Å². The molecule has 6 nitrogen and oxygen atoms in total. The second-order valence-electron chi connectivity index (χ2n) is 7.20. The first kappa shape index (κ1) is 20.1. The van der Waals surface area contributed by atoms with Crippen LogP contribution in [-0.4, -0.2) is 26.2 Å². The molecule has 148 valence electrons. The predicted molar refractivity (Wildman–Crippen MR) is 111 cm³/mol. The molecule has 2 atom stereocenters. The van der Waals surface area contributed by atoms with Crippen molar-refractivity contribution in [3.05, 3.63) is 59.2 Å². The third-order valence-corrected chi connectivity index (χ3v) is 6.55. The van der Waals surface area contributed by atoms with Crippen molar-refractivity contribution >= 4 is 27.5 Å². The zero-order valence-corrected chi connectivity index (χ0v) is 17.3. The highest BCUT2D eigenvalue weighted by Crippen LogP contribution is 2.24. The lowest BCUT2D eigenvalue weighted by atomic mass is 9.98. The van der Waals surface area contributed by atoms with Crippen LogP contribution in [-0.2, 0) is 14.8 Å². The number of amidine groups is 1. The fourth-order valence-corrected chi connectivity index (χ4v) is 4.31. The van der Waals surface area contributed by atoms with E-state index in [2.05, 4.69) is 15.0 Å². The van der Waals surface area contributed by atoms with E-state index >= 15 is 0 Å². The summed E-state index contributed by atoms with van der Waals surface area (Å²) in [5, 5.41) is 2.92. The fourth-order valence-electron chi connectivity index (χ4n) is 3.07. The molecule has 0 spiro atoms. The van der Waals surface area contributed by atoms with Gasteiger partial charge in [-0.05, 0) is 55.2 Å². The number of hydrogen-bond acceptors (Lipinski definition) is 4. The van der Waals surface area contributed by atoms with Gasteiger partial charge in [0.25, 0.3) is 10.0 Å². The Kier molecular flexibility index (Phi) is 5.56. The molecule has 0 saturated heterocycles. The summed E-state index contributed by atoms with van der Waals surface area (Å²) >= 11 is 0. The molecule has 1 aliphatic rings. The molecule has 0 fully saturated rings. The van der Waals surface area contributed by atoms with Crippen molar-refractivity contribution in [3.63, 3.8) is 0 Å². The van der Waals surface area contributed by atoms with Crippen LogP contribution in [0.1, 0.15) is 37.0 Å². The molecule has 3 rings (SSSR count). The molecule has 1 amide bonds. The molecule has 0 aliphatic carbocycles. The quantitative estimate of drug-likeness (QED) is 0.808. The van der Waals surface area contributed by atoms with Crippen molar-refractivity contribution in [2.24, 2.45) is 10.9 Å². The first-order valence-corrected chi connectivity index (χ1v) is 10.8. The third kappa shape index (κ3) is 3.94. The summed E-state index contributed by atoms with van der Waals surface area (Å²) < 4.78 is 27.1. The Labute approximate surface area is 166 Å². The van der Waals surface area contributed by atoms with Crippen molar-refractivity contribution < 1.29 is 13.2 Å². The zero-order chi connectivity index (χ0) is 20.5. The van der Waals surface area contributed by atoms with Gasteiger partial charge in [-0.15, -0.1) is 0 Å². The molecule has 2 N–H and O–H groups in total. The van der Waals surface area contributed by atoms with Crippen LogP contribution in [0.4, 0.5) is 5.69 Å². The van der Waals surface area contributed by atoms with E-state index in [9.17, 15) is 13.2 Å². The van der Waals surface area contributed by atoms with E-state index in [0.717, 1.165) is 17.5 Å². The molecule has 0 bridgehead atoms. The number of sulfonamides is 1. The Hall–Kier alpha value is -2.67. The van der Waals surface area contributed by atoms with Crippen LogP contribution >= 0.6 is 0 Å². The average molecular weight is 400 g/mol. The van der Waals surface area contributed by atoms with Crippen LogP contribution in [0.5, 0.6) is 0 Å². The highest BCUT2D eigenvalue weighted by Gasteiger charge is 2.33. The maximum atomic E-state index is 13.0. The van der Waals surface area contributed by atoms with Crippen LogP contribution < -0.4 is 10.0 Å². The number of amides is 1. The van der Waals surface area contributed by atoms with Gasteiger partial charge < -0.3 is 5.32 Å². The van der Waals surface area contributed by atoms with Gasteiger partial charge in [-0.1, -0.05) is 38.5 Å². The van der Waals surface area contributed by atoms with Gasteiger partial charge in [0.15, 0.2) is 0 Å². The van der Waals surface area contributed by atoms with Crippen LogP contribution in [0.25, 0.3) is 0 Å². The highest BCUT2D eigenvalue weighted by molar-refractivity contribution is 7.90. The Balaban J connectivity index is 1.94. The SMILES string of the molecule is CC[C@H](C)[C@@H](N=C1NS(=O)(=O)c2ccccc21)C(=O)Nc1ccc(C)c(C)c1. The van der Waals surface area contributed by atoms with Crippen LogP contribution in [0.2, 0.25) is 0 Å². The van der Waals surface area contributed by atoms with Crippen LogP contribution in [0.15, 0.2) is 52.4 Å². The number of aryl methyl sites for hydroxylation is 2. The van der Waals surface area contributed by atoms with Gasteiger partial charge in [0.1, 0.15) is 11.9 Å². The van der Waals surface area contributed by atoms with Crippen LogP contribution in [0, 0.1) is 19.8 Å². The van der Waals surface area contributed by atoms with Crippen molar-refractivity contribution in [2.75, 3.05) is 5.32 Å². The second-order valence-corrected chi connectivity index (χ2v) is 8.85.